The Morgan fingerprint density at radius 1 is 1.03 bits per heavy atom. The highest BCUT2D eigenvalue weighted by molar-refractivity contribution is 7.92. The normalized spacial score (nSPS) is 14.6. The molecule has 1 fully saturated rings. The standard InChI is InChI=1S/C22H26F2N4O5S/c1-2-7-25-21(29)14-27-8-10-28(11-9-27)20-6-3-15(12-17(20)22(30)31)26-34(32,33)16-4-5-18(23)19(24)13-16/h3-6,12-13,26H,2,7-11,14H2,1H3,(H,25,29)(H,30,31). The number of amides is 1. The minimum absolute atomic E-state index is 0.0304. The second kappa shape index (κ2) is 10.8. The van der Waals surface area contributed by atoms with Crippen molar-refractivity contribution in [1.82, 2.24) is 10.2 Å². The Morgan fingerprint density at radius 2 is 1.74 bits per heavy atom. The van der Waals surface area contributed by atoms with Crippen LogP contribution in [0.25, 0.3) is 0 Å². The molecular weight excluding hydrogens is 470 g/mol. The number of rotatable bonds is 9. The van der Waals surface area contributed by atoms with Gasteiger partial charge in [0, 0.05) is 38.4 Å². The third-order valence-electron chi connectivity index (χ3n) is 5.33. The van der Waals surface area contributed by atoms with Crippen LogP contribution in [0.4, 0.5) is 20.2 Å². The zero-order valence-corrected chi connectivity index (χ0v) is 19.4. The van der Waals surface area contributed by atoms with Gasteiger partial charge in [0.05, 0.1) is 22.7 Å². The molecule has 1 amide bonds. The molecule has 1 aliphatic heterocycles. The first-order chi connectivity index (χ1) is 16.1. The third-order valence-corrected chi connectivity index (χ3v) is 6.71. The predicted octanol–water partition coefficient (Wildman–Crippen LogP) is 2.11. The van der Waals surface area contributed by atoms with Crippen molar-refractivity contribution in [2.75, 3.05) is 48.9 Å². The lowest BCUT2D eigenvalue weighted by Gasteiger charge is -2.36. The van der Waals surface area contributed by atoms with Crippen LogP contribution in [0.15, 0.2) is 41.3 Å². The maximum absolute atomic E-state index is 13.5. The summed E-state index contributed by atoms with van der Waals surface area (Å²) in [6, 6.07) is 6.24. The quantitative estimate of drug-likeness (QED) is 0.487. The molecule has 0 unspecified atom stereocenters. The van der Waals surface area contributed by atoms with E-state index in [4.69, 9.17) is 0 Å². The van der Waals surface area contributed by atoms with Crippen molar-refractivity contribution < 1.29 is 31.9 Å². The minimum atomic E-state index is -4.27. The number of sulfonamides is 1. The van der Waals surface area contributed by atoms with Crippen molar-refractivity contribution in [3.8, 4) is 0 Å². The van der Waals surface area contributed by atoms with Gasteiger partial charge < -0.3 is 15.3 Å². The fraction of sp³-hybridized carbons (Fsp3) is 0.364. The highest BCUT2D eigenvalue weighted by atomic mass is 32.2. The predicted molar refractivity (Wildman–Crippen MR) is 123 cm³/mol. The van der Waals surface area contributed by atoms with E-state index < -0.39 is 32.5 Å². The molecule has 0 radical (unpaired) electrons. The molecule has 1 heterocycles. The van der Waals surface area contributed by atoms with E-state index in [9.17, 15) is 31.9 Å². The molecule has 9 nitrogen and oxygen atoms in total. The summed E-state index contributed by atoms with van der Waals surface area (Å²) in [6.07, 6.45) is 0.852. The topological polar surface area (TPSA) is 119 Å². The van der Waals surface area contributed by atoms with Gasteiger partial charge in [0.15, 0.2) is 11.6 Å². The number of carboxylic acids is 1. The van der Waals surface area contributed by atoms with Crippen molar-refractivity contribution >= 4 is 33.3 Å². The summed E-state index contributed by atoms with van der Waals surface area (Å²) in [4.78, 5) is 27.1. The summed E-state index contributed by atoms with van der Waals surface area (Å²) in [5.74, 6) is -3.80. The Morgan fingerprint density at radius 3 is 2.35 bits per heavy atom. The Kier molecular flexibility index (Phi) is 8.05. The summed E-state index contributed by atoms with van der Waals surface area (Å²) in [5.41, 5.74) is 0.273. The molecular formula is C22H26F2N4O5S. The van der Waals surface area contributed by atoms with Crippen molar-refractivity contribution in [3.05, 3.63) is 53.6 Å². The largest absolute Gasteiger partial charge is 0.478 e. The van der Waals surface area contributed by atoms with Gasteiger partial charge >= 0.3 is 5.97 Å². The van der Waals surface area contributed by atoms with Crippen molar-refractivity contribution in [2.45, 2.75) is 18.2 Å². The Bertz CT molecular complexity index is 1170. The Balaban J connectivity index is 1.72. The number of benzene rings is 2. The summed E-state index contributed by atoms with van der Waals surface area (Å²) < 4.78 is 53.8. The van der Waals surface area contributed by atoms with Gasteiger partial charge in [-0.25, -0.2) is 22.0 Å². The number of aromatic carboxylic acids is 1. The molecule has 12 heteroatoms. The summed E-state index contributed by atoms with van der Waals surface area (Å²) in [7, 11) is -4.27. The number of nitrogens with one attached hydrogen (secondary N) is 2. The van der Waals surface area contributed by atoms with Crippen molar-refractivity contribution in [3.63, 3.8) is 0 Å². The Hall–Kier alpha value is -3.25. The average Bonchev–Trinajstić information content (AvgIpc) is 2.79. The maximum Gasteiger partial charge on any atom is 0.337 e. The molecule has 2 aromatic rings. The second-order valence-electron chi connectivity index (χ2n) is 7.83. The lowest BCUT2D eigenvalue weighted by atomic mass is 10.1. The van der Waals surface area contributed by atoms with Gasteiger partial charge in [-0.1, -0.05) is 6.92 Å². The number of hydrogen-bond donors (Lipinski definition) is 3. The molecule has 0 saturated carbocycles. The van der Waals surface area contributed by atoms with E-state index in [-0.39, 0.29) is 23.7 Å². The first kappa shape index (κ1) is 25.4. The van der Waals surface area contributed by atoms with Crippen molar-refractivity contribution in [2.24, 2.45) is 0 Å². The number of carbonyl (C=O) groups is 2. The first-order valence-electron chi connectivity index (χ1n) is 10.7. The van der Waals surface area contributed by atoms with Gasteiger partial charge in [-0.2, -0.15) is 0 Å². The first-order valence-corrected chi connectivity index (χ1v) is 12.2. The van der Waals surface area contributed by atoms with E-state index >= 15 is 0 Å². The van der Waals surface area contributed by atoms with Crippen LogP contribution in [-0.4, -0.2) is 69.6 Å². The molecule has 0 aromatic heterocycles. The highest BCUT2D eigenvalue weighted by Crippen LogP contribution is 2.27. The maximum atomic E-state index is 13.5. The molecule has 34 heavy (non-hydrogen) atoms. The van der Waals surface area contributed by atoms with Gasteiger partial charge in [0.1, 0.15) is 0 Å². The van der Waals surface area contributed by atoms with Crippen LogP contribution in [0.2, 0.25) is 0 Å². The van der Waals surface area contributed by atoms with Crippen LogP contribution >= 0.6 is 0 Å². The van der Waals surface area contributed by atoms with E-state index in [0.717, 1.165) is 12.5 Å². The molecule has 0 spiro atoms. The third kappa shape index (κ3) is 6.20. The summed E-state index contributed by atoms with van der Waals surface area (Å²) >= 11 is 0. The number of anilines is 2. The summed E-state index contributed by atoms with van der Waals surface area (Å²) in [6.45, 7) is 4.95. The summed E-state index contributed by atoms with van der Waals surface area (Å²) in [5, 5.41) is 12.5. The van der Waals surface area contributed by atoms with E-state index in [1.165, 1.54) is 18.2 Å². The average molecular weight is 497 g/mol. The molecule has 3 N–H and O–H groups in total. The number of nitrogens with zero attached hydrogens (tertiary/aromatic N) is 2. The monoisotopic (exact) mass is 496 g/mol. The highest BCUT2D eigenvalue weighted by Gasteiger charge is 2.24. The van der Waals surface area contributed by atoms with E-state index in [2.05, 4.69) is 10.0 Å². The van der Waals surface area contributed by atoms with E-state index in [0.29, 0.717) is 50.5 Å². The zero-order chi connectivity index (χ0) is 24.9. The number of halogens is 2. The number of carbonyl (C=O) groups excluding carboxylic acids is 1. The lowest BCUT2D eigenvalue weighted by Crippen LogP contribution is -2.49. The Labute approximate surface area is 196 Å². The van der Waals surface area contributed by atoms with E-state index in [1.54, 1.807) is 0 Å². The van der Waals surface area contributed by atoms with Gasteiger partial charge in [-0.05, 0) is 42.8 Å². The fourth-order valence-corrected chi connectivity index (χ4v) is 4.64. The molecule has 1 aliphatic rings. The molecule has 2 aromatic carbocycles. The van der Waals surface area contributed by atoms with Gasteiger partial charge in [-0.3, -0.25) is 14.4 Å². The fourth-order valence-electron chi connectivity index (χ4n) is 3.57. The lowest BCUT2D eigenvalue weighted by molar-refractivity contribution is -0.122. The number of piperazine rings is 1. The van der Waals surface area contributed by atoms with Gasteiger partial charge in [0.25, 0.3) is 10.0 Å². The van der Waals surface area contributed by atoms with Crippen LogP contribution in [0, 0.1) is 11.6 Å². The number of hydrogen-bond acceptors (Lipinski definition) is 6. The van der Waals surface area contributed by atoms with Gasteiger partial charge in [0.2, 0.25) is 5.91 Å². The van der Waals surface area contributed by atoms with Crippen LogP contribution < -0.4 is 14.9 Å². The molecule has 0 aliphatic carbocycles. The smallest absolute Gasteiger partial charge is 0.337 e. The van der Waals surface area contributed by atoms with Crippen LogP contribution in [-0.2, 0) is 14.8 Å². The van der Waals surface area contributed by atoms with E-state index in [1.807, 2.05) is 16.7 Å². The molecule has 0 bridgehead atoms. The molecule has 1 saturated heterocycles. The molecule has 3 rings (SSSR count). The van der Waals surface area contributed by atoms with Crippen molar-refractivity contribution in [1.29, 1.82) is 0 Å². The van der Waals surface area contributed by atoms with Crippen LogP contribution in [0.3, 0.4) is 0 Å². The van der Waals surface area contributed by atoms with Crippen LogP contribution in [0.1, 0.15) is 23.7 Å². The second-order valence-corrected chi connectivity index (χ2v) is 9.51. The number of carboxylic acid groups (broad SMARTS) is 1. The molecule has 0 atom stereocenters. The molecule has 184 valence electrons. The SMILES string of the molecule is CCCNC(=O)CN1CCN(c2ccc(NS(=O)(=O)c3ccc(F)c(F)c3)cc2C(=O)O)CC1. The zero-order valence-electron chi connectivity index (χ0n) is 18.6. The van der Waals surface area contributed by atoms with Crippen LogP contribution in [0.5, 0.6) is 0 Å². The minimum Gasteiger partial charge on any atom is -0.478 e. The van der Waals surface area contributed by atoms with Gasteiger partial charge in [-0.15, -0.1) is 0 Å².